The average Bonchev–Trinajstić information content (AvgIpc) is 2.26. The summed E-state index contributed by atoms with van der Waals surface area (Å²) in [6.07, 6.45) is 11.4. The van der Waals surface area contributed by atoms with Crippen LogP contribution in [0.1, 0.15) is 29.2 Å². The standard InChI is InChI=1S/C13H9N/c1-4-10-7-12(6-3)13(9-14)8-11(10)5-2/h1-2,7-8H,6H2,3H3. The molecule has 0 heterocycles. The first-order valence-electron chi connectivity index (χ1n) is 4.27. The molecule has 0 aromatic heterocycles. The van der Waals surface area contributed by atoms with E-state index in [4.69, 9.17) is 18.1 Å². The Balaban J connectivity index is 3.49. The molecule has 0 aliphatic heterocycles. The fourth-order valence-corrected chi connectivity index (χ4v) is 1.28. The molecule has 0 aliphatic carbocycles. The Morgan fingerprint density at radius 2 is 1.71 bits per heavy atom. The predicted molar refractivity (Wildman–Crippen MR) is 56.4 cm³/mol. The van der Waals surface area contributed by atoms with Crippen LogP contribution in [-0.4, -0.2) is 0 Å². The molecule has 0 unspecified atom stereocenters. The monoisotopic (exact) mass is 179 g/mol. The lowest BCUT2D eigenvalue weighted by molar-refractivity contribution is 1.12. The maximum Gasteiger partial charge on any atom is 0.0994 e. The molecule has 0 fully saturated rings. The fourth-order valence-electron chi connectivity index (χ4n) is 1.28. The summed E-state index contributed by atoms with van der Waals surface area (Å²) in [6.45, 7) is 1.98. The molecule has 0 N–H and O–H groups in total. The zero-order valence-corrected chi connectivity index (χ0v) is 7.96. The molecule has 0 atom stereocenters. The summed E-state index contributed by atoms with van der Waals surface area (Å²) in [5.41, 5.74) is 2.85. The van der Waals surface area contributed by atoms with Crippen LogP contribution < -0.4 is 0 Å². The quantitative estimate of drug-likeness (QED) is 0.605. The van der Waals surface area contributed by atoms with Gasteiger partial charge in [0.1, 0.15) is 0 Å². The van der Waals surface area contributed by atoms with E-state index in [2.05, 4.69) is 17.9 Å². The maximum absolute atomic E-state index is 8.86. The van der Waals surface area contributed by atoms with Crippen LogP contribution in [0.2, 0.25) is 0 Å². The molecule has 1 nitrogen and oxygen atoms in total. The third kappa shape index (κ3) is 1.61. The van der Waals surface area contributed by atoms with Crippen molar-refractivity contribution in [2.45, 2.75) is 13.3 Å². The van der Waals surface area contributed by atoms with E-state index < -0.39 is 0 Å². The average molecular weight is 179 g/mol. The molecular weight excluding hydrogens is 170 g/mol. The van der Waals surface area contributed by atoms with Crippen molar-refractivity contribution in [2.75, 3.05) is 0 Å². The van der Waals surface area contributed by atoms with E-state index in [1.54, 1.807) is 6.07 Å². The van der Waals surface area contributed by atoms with Crippen LogP contribution in [0, 0.1) is 36.0 Å². The number of hydrogen-bond donors (Lipinski definition) is 0. The Bertz CT molecular complexity index is 476. The lowest BCUT2D eigenvalue weighted by Gasteiger charge is -2.03. The second kappa shape index (κ2) is 4.18. The van der Waals surface area contributed by atoms with Gasteiger partial charge in [-0.2, -0.15) is 5.26 Å². The lowest BCUT2D eigenvalue weighted by atomic mass is 9.98. The molecule has 66 valence electrons. The van der Waals surface area contributed by atoms with E-state index in [0.717, 1.165) is 12.0 Å². The SMILES string of the molecule is C#Cc1cc(C#N)c(CC)cc1C#C. The first-order valence-corrected chi connectivity index (χ1v) is 4.27. The lowest BCUT2D eigenvalue weighted by Crippen LogP contribution is -1.93. The van der Waals surface area contributed by atoms with Crippen molar-refractivity contribution in [1.29, 1.82) is 5.26 Å². The molecule has 0 radical (unpaired) electrons. The van der Waals surface area contributed by atoms with Crippen LogP contribution >= 0.6 is 0 Å². The third-order valence-electron chi connectivity index (χ3n) is 2.06. The van der Waals surface area contributed by atoms with Gasteiger partial charge in [-0.15, -0.1) is 12.8 Å². The van der Waals surface area contributed by atoms with Gasteiger partial charge in [0, 0.05) is 11.1 Å². The summed E-state index contributed by atoms with van der Waals surface area (Å²) in [7, 11) is 0. The number of nitriles is 1. The highest BCUT2D eigenvalue weighted by atomic mass is 14.2. The topological polar surface area (TPSA) is 23.8 Å². The van der Waals surface area contributed by atoms with E-state index >= 15 is 0 Å². The fraction of sp³-hybridized carbons (Fsp3) is 0.154. The second-order valence-electron chi connectivity index (χ2n) is 2.81. The number of hydrogen-bond acceptors (Lipinski definition) is 1. The van der Waals surface area contributed by atoms with E-state index in [1.165, 1.54) is 0 Å². The summed E-state index contributed by atoms with van der Waals surface area (Å²) < 4.78 is 0. The Labute approximate surface area is 84.4 Å². The van der Waals surface area contributed by atoms with Crippen molar-refractivity contribution < 1.29 is 0 Å². The van der Waals surface area contributed by atoms with Crippen molar-refractivity contribution in [3.63, 3.8) is 0 Å². The van der Waals surface area contributed by atoms with Crippen LogP contribution in [0.25, 0.3) is 0 Å². The maximum atomic E-state index is 8.86. The normalized spacial score (nSPS) is 8.43. The number of terminal acetylenes is 2. The second-order valence-corrected chi connectivity index (χ2v) is 2.81. The molecule has 1 aromatic rings. The summed E-state index contributed by atoms with van der Waals surface area (Å²) in [6, 6.07) is 5.60. The molecular formula is C13H9N. The minimum absolute atomic E-state index is 0.611. The van der Waals surface area contributed by atoms with E-state index in [-0.39, 0.29) is 0 Å². The molecule has 0 aliphatic rings. The number of nitrogens with zero attached hydrogens (tertiary/aromatic N) is 1. The van der Waals surface area contributed by atoms with E-state index in [0.29, 0.717) is 16.7 Å². The molecule has 0 bridgehead atoms. The Hall–Kier alpha value is -2.17. The van der Waals surface area contributed by atoms with Gasteiger partial charge in [0.15, 0.2) is 0 Å². The minimum atomic E-state index is 0.611. The number of aryl methyl sites for hydroxylation is 1. The van der Waals surface area contributed by atoms with Gasteiger partial charge in [-0.25, -0.2) is 0 Å². The van der Waals surface area contributed by atoms with Gasteiger partial charge in [-0.1, -0.05) is 18.8 Å². The number of rotatable bonds is 1. The van der Waals surface area contributed by atoms with Crippen LogP contribution in [0.15, 0.2) is 12.1 Å². The largest absolute Gasteiger partial charge is 0.192 e. The summed E-state index contributed by atoms with van der Waals surface area (Å²) in [5.74, 6) is 5.00. The first kappa shape index (κ1) is 9.91. The van der Waals surface area contributed by atoms with Crippen LogP contribution in [-0.2, 0) is 6.42 Å². The van der Waals surface area contributed by atoms with Gasteiger partial charge >= 0.3 is 0 Å². The predicted octanol–water partition coefficient (Wildman–Crippen LogP) is 2.08. The number of benzene rings is 1. The molecule has 0 spiro atoms. The first-order chi connectivity index (χ1) is 6.76. The van der Waals surface area contributed by atoms with Gasteiger partial charge in [-0.3, -0.25) is 0 Å². The van der Waals surface area contributed by atoms with Crippen molar-refractivity contribution >= 4 is 0 Å². The zero-order valence-electron chi connectivity index (χ0n) is 7.96. The van der Waals surface area contributed by atoms with Gasteiger partial charge in [0.05, 0.1) is 11.6 Å². The summed E-state index contributed by atoms with van der Waals surface area (Å²) in [5, 5.41) is 8.86. The van der Waals surface area contributed by atoms with Crippen molar-refractivity contribution in [2.24, 2.45) is 0 Å². The Kier molecular flexibility index (Phi) is 2.96. The van der Waals surface area contributed by atoms with Gasteiger partial charge in [0.2, 0.25) is 0 Å². The van der Waals surface area contributed by atoms with Crippen LogP contribution in [0.5, 0.6) is 0 Å². The van der Waals surface area contributed by atoms with E-state index in [9.17, 15) is 0 Å². The molecule has 0 amide bonds. The van der Waals surface area contributed by atoms with Crippen molar-refractivity contribution in [1.82, 2.24) is 0 Å². The Morgan fingerprint density at radius 3 is 2.14 bits per heavy atom. The third-order valence-corrected chi connectivity index (χ3v) is 2.06. The summed E-state index contributed by atoms with van der Waals surface area (Å²) >= 11 is 0. The van der Waals surface area contributed by atoms with Crippen LogP contribution in [0.4, 0.5) is 0 Å². The highest BCUT2D eigenvalue weighted by molar-refractivity contribution is 5.55. The zero-order chi connectivity index (χ0) is 10.6. The highest BCUT2D eigenvalue weighted by Crippen LogP contribution is 2.16. The van der Waals surface area contributed by atoms with E-state index in [1.807, 2.05) is 13.0 Å². The Morgan fingerprint density at radius 1 is 1.14 bits per heavy atom. The van der Waals surface area contributed by atoms with Gasteiger partial charge in [-0.05, 0) is 24.1 Å². The van der Waals surface area contributed by atoms with Gasteiger partial charge in [0.25, 0.3) is 0 Å². The molecule has 1 heteroatoms. The molecule has 0 saturated carbocycles. The van der Waals surface area contributed by atoms with Crippen molar-refractivity contribution in [3.8, 4) is 30.8 Å². The molecule has 0 saturated heterocycles. The molecule has 1 rings (SSSR count). The molecule has 14 heavy (non-hydrogen) atoms. The van der Waals surface area contributed by atoms with Gasteiger partial charge < -0.3 is 0 Å². The smallest absolute Gasteiger partial charge is 0.0994 e. The van der Waals surface area contributed by atoms with Crippen molar-refractivity contribution in [3.05, 3.63) is 34.4 Å². The highest BCUT2D eigenvalue weighted by Gasteiger charge is 2.05. The summed E-state index contributed by atoms with van der Waals surface area (Å²) in [4.78, 5) is 0. The molecule has 1 aromatic carbocycles. The minimum Gasteiger partial charge on any atom is -0.192 e. The van der Waals surface area contributed by atoms with Crippen LogP contribution in [0.3, 0.4) is 0 Å².